The highest BCUT2D eigenvalue weighted by molar-refractivity contribution is 7.89. The van der Waals surface area contributed by atoms with Crippen LogP contribution in [0.2, 0.25) is 0 Å². The zero-order valence-corrected chi connectivity index (χ0v) is 9.14. The summed E-state index contributed by atoms with van der Waals surface area (Å²) in [6.07, 6.45) is -0.213. The second-order valence-corrected chi connectivity index (χ2v) is 4.65. The lowest BCUT2D eigenvalue weighted by Gasteiger charge is -2.27. The Morgan fingerprint density at radius 3 is 2.00 bits per heavy atom. The van der Waals surface area contributed by atoms with Crippen LogP contribution in [-0.2, 0) is 14.8 Å². The van der Waals surface area contributed by atoms with Gasteiger partial charge in [-0.2, -0.15) is 13.5 Å². The Balaban J connectivity index is 5.09. The first kappa shape index (κ1) is 14.2. The second-order valence-electron chi connectivity index (χ2n) is 3.00. The van der Waals surface area contributed by atoms with Crippen LogP contribution >= 0.6 is 0 Å². The minimum atomic E-state index is -4.89. The topological polar surface area (TPSA) is 83.5 Å². The summed E-state index contributed by atoms with van der Waals surface area (Å²) in [6, 6.07) is 0. The maximum atomic E-state index is 12.0. The van der Waals surface area contributed by atoms with E-state index in [0.717, 1.165) is 0 Å². The van der Waals surface area contributed by atoms with Gasteiger partial charge in [-0.05, 0) is 12.8 Å². The average molecular weight is 245 g/mol. The van der Waals surface area contributed by atoms with Crippen molar-refractivity contribution in [3.05, 3.63) is 0 Å². The molecule has 5 nitrogen and oxygen atoms in total. The van der Waals surface area contributed by atoms with Gasteiger partial charge in [0.2, 0.25) is 0 Å². The first-order valence-corrected chi connectivity index (χ1v) is 5.80. The van der Waals surface area contributed by atoms with Gasteiger partial charge in [0.15, 0.2) is 0 Å². The number of hydrogen-bond acceptors (Lipinski definition) is 3. The molecule has 0 aromatic heterocycles. The smallest absolute Gasteiger partial charge is 0.350 e. The highest BCUT2D eigenvalue weighted by atomic mass is 32.2. The van der Waals surface area contributed by atoms with Crippen LogP contribution in [0.5, 0.6) is 0 Å². The van der Waals surface area contributed by atoms with E-state index in [0.29, 0.717) is 0 Å². The van der Waals surface area contributed by atoms with Crippen LogP contribution in [0.3, 0.4) is 0 Å². The molecule has 0 atom stereocenters. The van der Waals surface area contributed by atoms with Crippen molar-refractivity contribution in [1.29, 1.82) is 0 Å². The summed E-state index contributed by atoms with van der Waals surface area (Å²) in [4.78, 5) is 10.8. The average Bonchev–Trinajstić information content (AvgIpc) is 2.13. The Kier molecular flexibility index (Phi) is 4.60. The summed E-state index contributed by atoms with van der Waals surface area (Å²) in [5.74, 6) is -5.09. The van der Waals surface area contributed by atoms with Crippen molar-refractivity contribution in [2.24, 2.45) is 0 Å². The molecule has 90 valence electrons. The fraction of sp³-hybridized carbons (Fsp3) is 0.857. The first-order valence-electron chi connectivity index (χ1n) is 4.26. The molecule has 0 aliphatic rings. The lowest BCUT2D eigenvalue weighted by molar-refractivity contribution is -0.144. The molecule has 0 rings (SSSR count). The summed E-state index contributed by atoms with van der Waals surface area (Å²) < 4.78 is 47.3. The van der Waals surface area contributed by atoms with Gasteiger partial charge in [0.05, 0.1) is 0 Å². The van der Waals surface area contributed by atoms with Crippen LogP contribution in [-0.4, -0.2) is 30.8 Å². The molecule has 8 heteroatoms. The van der Waals surface area contributed by atoms with Gasteiger partial charge in [-0.25, -0.2) is 8.42 Å². The predicted molar refractivity (Wildman–Crippen MR) is 49.0 cm³/mol. The zero-order valence-electron chi connectivity index (χ0n) is 8.33. The molecule has 0 saturated heterocycles. The molecule has 0 aliphatic heterocycles. The number of nitrogens with one attached hydrogen (secondary N) is 1. The molecule has 0 bridgehead atoms. The number of carboxylic acid groups (broad SMARTS) is 1. The summed E-state index contributed by atoms with van der Waals surface area (Å²) >= 11 is 0. The third-order valence-corrected chi connectivity index (χ3v) is 3.33. The van der Waals surface area contributed by atoms with Gasteiger partial charge in [-0.3, -0.25) is 4.79 Å². The second kappa shape index (κ2) is 4.84. The molecule has 15 heavy (non-hydrogen) atoms. The largest absolute Gasteiger partial charge is 0.480 e. The Bertz CT molecular complexity index is 324. The maximum absolute atomic E-state index is 12.0. The molecule has 0 saturated carbocycles. The number of hydrogen-bond donors (Lipinski definition) is 2. The van der Waals surface area contributed by atoms with E-state index in [-0.39, 0.29) is 12.8 Å². The standard InChI is InChI=1S/C7H13F2NO4S/c1-3-7(4-2,5(11)12)10-15(13,14)6(8)9/h6,10H,3-4H2,1-2H3,(H,11,12). The predicted octanol–water partition coefficient (Wildman–Crippen LogP) is 0.772. The lowest BCUT2D eigenvalue weighted by Crippen LogP contribution is -2.54. The van der Waals surface area contributed by atoms with E-state index in [1.54, 1.807) is 0 Å². The SMILES string of the molecule is CCC(CC)(NS(=O)(=O)C(F)F)C(=O)O. The molecule has 0 spiro atoms. The van der Waals surface area contributed by atoms with Gasteiger partial charge < -0.3 is 5.11 Å². The van der Waals surface area contributed by atoms with E-state index in [2.05, 4.69) is 0 Å². The van der Waals surface area contributed by atoms with E-state index >= 15 is 0 Å². The monoisotopic (exact) mass is 245 g/mol. The van der Waals surface area contributed by atoms with E-state index < -0.39 is 27.3 Å². The van der Waals surface area contributed by atoms with Crippen LogP contribution in [0.4, 0.5) is 8.78 Å². The van der Waals surface area contributed by atoms with Gasteiger partial charge in [0.1, 0.15) is 5.54 Å². The Hall–Kier alpha value is -0.760. The third-order valence-electron chi connectivity index (χ3n) is 2.19. The molecule has 0 aromatic rings. The van der Waals surface area contributed by atoms with Crippen molar-refractivity contribution in [3.63, 3.8) is 0 Å². The maximum Gasteiger partial charge on any atom is 0.350 e. The van der Waals surface area contributed by atoms with Crippen molar-refractivity contribution in [1.82, 2.24) is 4.72 Å². The van der Waals surface area contributed by atoms with Crippen LogP contribution < -0.4 is 4.72 Å². The van der Waals surface area contributed by atoms with Gasteiger partial charge in [0.25, 0.3) is 10.0 Å². The summed E-state index contributed by atoms with van der Waals surface area (Å²) in [5.41, 5.74) is -1.85. The number of alkyl halides is 2. The van der Waals surface area contributed by atoms with Gasteiger partial charge in [0, 0.05) is 0 Å². The molecule has 0 radical (unpaired) electrons. The van der Waals surface area contributed by atoms with Crippen molar-refractivity contribution in [2.45, 2.75) is 38.0 Å². The van der Waals surface area contributed by atoms with Gasteiger partial charge in [-0.1, -0.05) is 13.8 Å². The number of halogens is 2. The lowest BCUT2D eigenvalue weighted by atomic mass is 9.95. The molecule has 0 amide bonds. The summed E-state index contributed by atoms with van der Waals surface area (Å²) in [6.45, 7) is 2.82. The van der Waals surface area contributed by atoms with Crippen molar-refractivity contribution < 1.29 is 27.1 Å². The van der Waals surface area contributed by atoms with Crippen molar-refractivity contribution in [3.8, 4) is 0 Å². The molecule has 0 unspecified atom stereocenters. The first-order chi connectivity index (χ1) is 6.72. The normalized spacial score (nSPS) is 13.1. The van der Waals surface area contributed by atoms with Crippen LogP contribution in [0, 0.1) is 0 Å². The van der Waals surface area contributed by atoms with Crippen LogP contribution in [0.25, 0.3) is 0 Å². The summed E-state index contributed by atoms with van der Waals surface area (Å²) in [7, 11) is -4.89. The van der Waals surface area contributed by atoms with E-state index in [1.165, 1.54) is 18.6 Å². The molecule has 0 aliphatic carbocycles. The minimum Gasteiger partial charge on any atom is -0.480 e. The van der Waals surface area contributed by atoms with Crippen LogP contribution in [0.15, 0.2) is 0 Å². The molecule has 0 aromatic carbocycles. The van der Waals surface area contributed by atoms with E-state index in [9.17, 15) is 22.0 Å². The fourth-order valence-corrected chi connectivity index (χ4v) is 2.07. The number of aliphatic carboxylic acids is 1. The zero-order chi connectivity index (χ0) is 12.3. The Morgan fingerprint density at radius 1 is 1.40 bits per heavy atom. The molecule has 2 N–H and O–H groups in total. The highest BCUT2D eigenvalue weighted by Crippen LogP contribution is 2.18. The fourth-order valence-electron chi connectivity index (χ4n) is 1.06. The Labute approximate surface area is 86.5 Å². The molecular weight excluding hydrogens is 232 g/mol. The van der Waals surface area contributed by atoms with Gasteiger partial charge in [-0.15, -0.1) is 0 Å². The highest BCUT2D eigenvalue weighted by Gasteiger charge is 2.41. The quantitative estimate of drug-likeness (QED) is 0.724. The van der Waals surface area contributed by atoms with Crippen LogP contribution in [0.1, 0.15) is 26.7 Å². The van der Waals surface area contributed by atoms with E-state index in [1.807, 2.05) is 0 Å². The van der Waals surface area contributed by atoms with Crippen molar-refractivity contribution >= 4 is 16.0 Å². The number of carbonyl (C=O) groups is 1. The Morgan fingerprint density at radius 2 is 1.80 bits per heavy atom. The minimum absolute atomic E-state index is 0.106. The number of carboxylic acids is 1. The van der Waals surface area contributed by atoms with Gasteiger partial charge >= 0.3 is 11.7 Å². The van der Waals surface area contributed by atoms with E-state index in [4.69, 9.17) is 5.11 Å². The van der Waals surface area contributed by atoms with Crippen molar-refractivity contribution in [2.75, 3.05) is 0 Å². The molecular formula is C7H13F2NO4S. The number of rotatable bonds is 6. The third kappa shape index (κ3) is 3.10. The summed E-state index contributed by atoms with van der Waals surface area (Å²) in [5, 5.41) is 8.80. The molecule has 0 fully saturated rings. The molecule has 0 heterocycles. The number of sulfonamides is 1.